The van der Waals surface area contributed by atoms with Gasteiger partial charge < -0.3 is 5.73 Å². The minimum Gasteiger partial charge on any atom is -0.399 e. The third kappa shape index (κ3) is 2.70. The van der Waals surface area contributed by atoms with Crippen molar-refractivity contribution in [3.05, 3.63) is 22.7 Å². The molecule has 3 rings (SSSR count). The highest BCUT2D eigenvalue weighted by atomic mass is 79.9. The smallest absolute Gasteiger partial charge is 0.182 e. The molecule has 106 valence electrons. The summed E-state index contributed by atoms with van der Waals surface area (Å²) in [5.41, 5.74) is 7.55. The highest BCUT2D eigenvalue weighted by molar-refractivity contribution is 9.10. The molecular weight excluding hydrogens is 318 g/mol. The van der Waals surface area contributed by atoms with Crippen LogP contribution in [-0.4, -0.2) is 20.2 Å². The van der Waals surface area contributed by atoms with Crippen molar-refractivity contribution >= 4 is 21.6 Å². The first-order valence-corrected chi connectivity index (χ1v) is 7.75. The van der Waals surface area contributed by atoms with Crippen molar-refractivity contribution < 1.29 is 0 Å². The zero-order valence-corrected chi connectivity index (χ0v) is 13.0. The van der Waals surface area contributed by atoms with Crippen LogP contribution in [0.2, 0.25) is 0 Å². The van der Waals surface area contributed by atoms with Gasteiger partial charge in [-0.05, 0) is 46.9 Å². The van der Waals surface area contributed by atoms with E-state index in [1.54, 1.807) is 0 Å². The summed E-state index contributed by atoms with van der Waals surface area (Å²) < 4.78 is 2.85. The number of benzene rings is 1. The number of anilines is 1. The molecule has 1 aromatic heterocycles. The van der Waals surface area contributed by atoms with Crippen LogP contribution in [0, 0.1) is 11.8 Å². The molecule has 2 atom stereocenters. The van der Waals surface area contributed by atoms with Crippen LogP contribution < -0.4 is 5.73 Å². The third-order valence-corrected chi connectivity index (χ3v) is 4.61. The molecule has 1 aromatic carbocycles. The topological polar surface area (TPSA) is 69.6 Å². The molecule has 5 nitrogen and oxygen atoms in total. The van der Waals surface area contributed by atoms with Gasteiger partial charge in [-0.1, -0.05) is 35.7 Å². The summed E-state index contributed by atoms with van der Waals surface area (Å²) in [5, 5.41) is 12.1. The maximum absolute atomic E-state index is 5.89. The molecule has 1 fully saturated rings. The quantitative estimate of drug-likeness (QED) is 0.875. The number of hydrogen-bond donors (Lipinski definition) is 1. The second-order valence-corrected chi connectivity index (χ2v) is 6.54. The normalized spacial score (nSPS) is 22.3. The van der Waals surface area contributed by atoms with Crippen LogP contribution in [0.25, 0.3) is 11.4 Å². The average Bonchev–Trinajstić information content (AvgIpc) is 2.99. The molecule has 0 bridgehead atoms. The fourth-order valence-electron chi connectivity index (χ4n) is 2.99. The van der Waals surface area contributed by atoms with E-state index in [0.717, 1.165) is 28.3 Å². The molecule has 0 aliphatic heterocycles. The minimum absolute atomic E-state index is 0.668. The van der Waals surface area contributed by atoms with Crippen LogP contribution in [0.15, 0.2) is 22.7 Å². The lowest BCUT2D eigenvalue weighted by Crippen LogP contribution is -2.15. The van der Waals surface area contributed by atoms with Crippen molar-refractivity contribution in [3.8, 4) is 11.4 Å². The van der Waals surface area contributed by atoms with E-state index in [4.69, 9.17) is 5.73 Å². The van der Waals surface area contributed by atoms with Crippen molar-refractivity contribution in [1.29, 1.82) is 0 Å². The van der Waals surface area contributed by atoms with Crippen molar-refractivity contribution in [1.82, 2.24) is 20.2 Å². The standard InChI is InChI=1S/C14H18BrN5/c1-9-3-2-4-10(9)8-20-14(17-18-19-20)11-5-12(15)7-13(16)6-11/h5-7,9-10H,2-4,8,16H2,1H3. The Balaban J connectivity index is 1.89. The highest BCUT2D eigenvalue weighted by Gasteiger charge is 2.25. The summed E-state index contributed by atoms with van der Waals surface area (Å²) in [6.45, 7) is 3.20. The number of nitrogens with zero attached hydrogens (tertiary/aromatic N) is 4. The Bertz CT molecular complexity index is 589. The van der Waals surface area contributed by atoms with Gasteiger partial charge in [0, 0.05) is 22.3 Å². The fraction of sp³-hybridized carbons (Fsp3) is 0.500. The van der Waals surface area contributed by atoms with Crippen molar-refractivity contribution in [3.63, 3.8) is 0 Å². The Morgan fingerprint density at radius 2 is 2.20 bits per heavy atom. The molecule has 1 heterocycles. The van der Waals surface area contributed by atoms with Crippen molar-refractivity contribution in [2.75, 3.05) is 5.73 Å². The number of halogens is 1. The van der Waals surface area contributed by atoms with Crippen LogP contribution in [-0.2, 0) is 6.54 Å². The van der Waals surface area contributed by atoms with E-state index in [-0.39, 0.29) is 0 Å². The second-order valence-electron chi connectivity index (χ2n) is 5.63. The zero-order chi connectivity index (χ0) is 14.1. The Kier molecular flexibility index (Phi) is 3.74. The zero-order valence-electron chi connectivity index (χ0n) is 11.5. The second kappa shape index (κ2) is 5.52. The summed E-state index contributed by atoms with van der Waals surface area (Å²) in [7, 11) is 0. The van der Waals surface area contributed by atoms with Gasteiger partial charge in [0.15, 0.2) is 5.82 Å². The van der Waals surface area contributed by atoms with E-state index in [2.05, 4.69) is 38.4 Å². The Labute approximate surface area is 126 Å². The monoisotopic (exact) mass is 335 g/mol. The van der Waals surface area contributed by atoms with E-state index in [9.17, 15) is 0 Å². The van der Waals surface area contributed by atoms with Gasteiger partial charge in [0.25, 0.3) is 0 Å². The van der Waals surface area contributed by atoms with Crippen molar-refractivity contribution in [2.45, 2.75) is 32.7 Å². The SMILES string of the molecule is CC1CCCC1Cn1nnnc1-c1cc(N)cc(Br)c1. The Morgan fingerprint density at radius 3 is 2.90 bits per heavy atom. The number of nitrogens with two attached hydrogens (primary N) is 1. The van der Waals surface area contributed by atoms with Gasteiger partial charge in [-0.15, -0.1) is 5.10 Å². The van der Waals surface area contributed by atoms with E-state index in [1.807, 2.05) is 22.9 Å². The van der Waals surface area contributed by atoms with Gasteiger partial charge in [-0.2, -0.15) is 0 Å². The first-order chi connectivity index (χ1) is 9.63. The number of nitrogen functional groups attached to an aromatic ring is 1. The fourth-order valence-corrected chi connectivity index (χ4v) is 3.50. The highest BCUT2D eigenvalue weighted by Crippen LogP contribution is 2.33. The lowest BCUT2D eigenvalue weighted by molar-refractivity contribution is 0.346. The van der Waals surface area contributed by atoms with Crippen LogP contribution in [0.1, 0.15) is 26.2 Å². The summed E-state index contributed by atoms with van der Waals surface area (Å²) in [4.78, 5) is 0. The van der Waals surface area contributed by atoms with Gasteiger partial charge >= 0.3 is 0 Å². The molecule has 0 radical (unpaired) electrons. The van der Waals surface area contributed by atoms with E-state index in [0.29, 0.717) is 11.6 Å². The predicted molar refractivity (Wildman–Crippen MR) is 81.9 cm³/mol. The lowest BCUT2D eigenvalue weighted by atomic mass is 9.98. The maximum atomic E-state index is 5.89. The van der Waals surface area contributed by atoms with Gasteiger partial charge in [-0.3, -0.25) is 0 Å². The third-order valence-electron chi connectivity index (χ3n) is 4.16. The summed E-state index contributed by atoms with van der Waals surface area (Å²) in [6.07, 6.45) is 3.89. The molecule has 6 heteroatoms. The number of hydrogen-bond acceptors (Lipinski definition) is 4. The first kappa shape index (κ1) is 13.5. The Morgan fingerprint density at radius 1 is 1.35 bits per heavy atom. The van der Waals surface area contributed by atoms with Crippen molar-refractivity contribution in [2.24, 2.45) is 11.8 Å². The van der Waals surface area contributed by atoms with Crippen LogP contribution in [0.5, 0.6) is 0 Å². The Hall–Kier alpha value is -1.43. The van der Waals surface area contributed by atoms with E-state index in [1.165, 1.54) is 19.3 Å². The molecule has 0 amide bonds. The molecule has 2 aromatic rings. The summed E-state index contributed by atoms with van der Waals surface area (Å²) in [5.74, 6) is 2.21. The molecule has 20 heavy (non-hydrogen) atoms. The van der Waals surface area contributed by atoms with Gasteiger partial charge in [-0.25, -0.2) is 4.68 Å². The van der Waals surface area contributed by atoms with E-state index >= 15 is 0 Å². The molecule has 2 unspecified atom stereocenters. The van der Waals surface area contributed by atoms with Gasteiger partial charge in [0.05, 0.1) is 0 Å². The minimum atomic E-state index is 0.668. The number of rotatable bonds is 3. The van der Waals surface area contributed by atoms with Crippen LogP contribution in [0.4, 0.5) is 5.69 Å². The average molecular weight is 336 g/mol. The number of aromatic nitrogens is 4. The first-order valence-electron chi connectivity index (χ1n) is 6.96. The lowest BCUT2D eigenvalue weighted by Gasteiger charge is -2.15. The summed E-state index contributed by atoms with van der Waals surface area (Å²) in [6, 6.07) is 5.78. The van der Waals surface area contributed by atoms with Crippen LogP contribution >= 0.6 is 15.9 Å². The van der Waals surface area contributed by atoms with Gasteiger partial charge in [0.1, 0.15) is 0 Å². The van der Waals surface area contributed by atoms with Crippen LogP contribution in [0.3, 0.4) is 0 Å². The molecule has 1 aliphatic carbocycles. The maximum Gasteiger partial charge on any atom is 0.182 e. The molecular formula is C14H18BrN5. The molecule has 1 saturated carbocycles. The predicted octanol–water partition coefficient (Wildman–Crippen LogP) is 3.12. The summed E-state index contributed by atoms with van der Waals surface area (Å²) >= 11 is 3.46. The molecule has 2 N–H and O–H groups in total. The van der Waals surface area contributed by atoms with E-state index < -0.39 is 0 Å². The molecule has 1 aliphatic rings. The largest absolute Gasteiger partial charge is 0.399 e. The number of tetrazole rings is 1. The molecule has 0 spiro atoms. The molecule has 0 saturated heterocycles. The van der Waals surface area contributed by atoms with Gasteiger partial charge in [0.2, 0.25) is 0 Å².